The topological polar surface area (TPSA) is 20.2 Å². The van der Waals surface area contributed by atoms with Gasteiger partial charge in [-0.25, -0.2) is 0 Å². The van der Waals surface area contributed by atoms with Gasteiger partial charge < -0.3 is 5.11 Å². The lowest BCUT2D eigenvalue weighted by Crippen LogP contribution is -2.37. The lowest BCUT2D eigenvalue weighted by atomic mass is 9.79. The summed E-state index contributed by atoms with van der Waals surface area (Å²) in [6.07, 6.45) is 6.00. The average Bonchev–Trinajstić information content (AvgIpc) is 2.65. The normalized spacial score (nSPS) is 51.9. The SMILES string of the molecule is C=C1CC[C@@H]2C[C@H]3CC(C)(C)C[C@H]3[C@]12O. The number of hydrogen-bond acceptors (Lipinski definition) is 1. The number of fused-ring (bicyclic) bond motifs is 3. The van der Waals surface area contributed by atoms with Crippen molar-refractivity contribution in [2.24, 2.45) is 23.2 Å². The van der Waals surface area contributed by atoms with Crippen molar-refractivity contribution in [1.29, 1.82) is 0 Å². The molecule has 15 heavy (non-hydrogen) atoms. The van der Waals surface area contributed by atoms with E-state index in [0.29, 0.717) is 17.3 Å². The van der Waals surface area contributed by atoms with Crippen LogP contribution in [-0.2, 0) is 0 Å². The molecular formula is C14H22O. The second kappa shape index (κ2) is 2.68. The maximum atomic E-state index is 10.9. The number of rotatable bonds is 0. The molecule has 0 heterocycles. The van der Waals surface area contributed by atoms with Gasteiger partial charge in [0.15, 0.2) is 0 Å². The summed E-state index contributed by atoms with van der Waals surface area (Å²) >= 11 is 0. The summed E-state index contributed by atoms with van der Waals surface area (Å²) in [4.78, 5) is 0. The summed E-state index contributed by atoms with van der Waals surface area (Å²) < 4.78 is 0. The Morgan fingerprint density at radius 1 is 1.33 bits per heavy atom. The molecule has 3 saturated carbocycles. The molecule has 4 atom stereocenters. The smallest absolute Gasteiger partial charge is 0.0913 e. The monoisotopic (exact) mass is 206 g/mol. The highest BCUT2D eigenvalue weighted by Crippen LogP contribution is 2.64. The first-order valence-corrected chi connectivity index (χ1v) is 6.34. The van der Waals surface area contributed by atoms with Crippen molar-refractivity contribution in [1.82, 2.24) is 0 Å². The van der Waals surface area contributed by atoms with E-state index in [4.69, 9.17) is 0 Å². The first kappa shape index (κ1) is 9.89. The van der Waals surface area contributed by atoms with Gasteiger partial charge in [-0.15, -0.1) is 0 Å². The van der Waals surface area contributed by atoms with Crippen LogP contribution in [0.5, 0.6) is 0 Å². The Kier molecular flexibility index (Phi) is 1.77. The zero-order valence-corrected chi connectivity index (χ0v) is 9.92. The number of hydrogen-bond donors (Lipinski definition) is 1. The van der Waals surface area contributed by atoms with Gasteiger partial charge in [-0.3, -0.25) is 0 Å². The summed E-state index contributed by atoms with van der Waals surface area (Å²) in [5.41, 5.74) is 1.11. The van der Waals surface area contributed by atoms with Gasteiger partial charge in [-0.05, 0) is 60.8 Å². The van der Waals surface area contributed by atoms with Crippen LogP contribution in [0.1, 0.15) is 46.0 Å². The maximum Gasteiger partial charge on any atom is 0.0913 e. The molecule has 0 bridgehead atoms. The van der Waals surface area contributed by atoms with Gasteiger partial charge in [-0.1, -0.05) is 20.4 Å². The van der Waals surface area contributed by atoms with Gasteiger partial charge in [0.25, 0.3) is 0 Å². The molecule has 3 rings (SSSR count). The molecule has 3 aliphatic rings. The molecule has 0 unspecified atom stereocenters. The van der Waals surface area contributed by atoms with Gasteiger partial charge in [0.05, 0.1) is 5.60 Å². The second-order valence-corrected chi connectivity index (χ2v) is 6.84. The molecule has 0 aromatic rings. The fourth-order valence-electron chi connectivity index (χ4n) is 4.75. The van der Waals surface area contributed by atoms with E-state index in [2.05, 4.69) is 20.4 Å². The Labute approximate surface area is 92.6 Å². The molecule has 0 aromatic carbocycles. The Balaban J connectivity index is 1.95. The Hall–Kier alpha value is -0.300. The van der Waals surface area contributed by atoms with E-state index >= 15 is 0 Å². The number of aliphatic hydroxyl groups is 1. The molecule has 0 aromatic heterocycles. The minimum absolute atomic E-state index is 0.443. The van der Waals surface area contributed by atoms with Crippen LogP contribution in [0, 0.1) is 23.2 Å². The van der Waals surface area contributed by atoms with Crippen molar-refractivity contribution in [3.8, 4) is 0 Å². The average molecular weight is 206 g/mol. The van der Waals surface area contributed by atoms with Crippen LogP contribution < -0.4 is 0 Å². The van der Waals surface area contributed by atoms with E-state index in [9.17, 15) is 5.11 Å². The van der Waals surface area contributed by atoms with E-state index in [1.54, 1.807) is 0 Å². The van der Waals surface area contributed by atoms with Gasteiger partial charge in [0.2, 0.25) is 0 Å². The molecule has 1 N–H and O–H groups in total. The van der Waals surface area contributed by atoms with Crippen LogP contribution in [0.2, 0.25) is 0 Å². The van der Waals surface area contributed by atoms with Gasteiger partial charge in [-0.2, -0.15) is 0 Å². The molecule has 0 amide bonds. The van der Waals surface area contributed by atoms with Crippen LogP contribution in [0.3, 0.4) is 0 Å². The zero-order chi connectivity index (χ0) is 10.8. The van der Waals surface area contributed by atoms with Crippen molar-refractivity contribution < 1.29 is 5.11 Å². The highest BCUT2D eigenvalue weighted by molar-refractivity contribution is 5.28. The third kappa shape index (κ3) is 1.13. The summed E-state index contributed by atoms with van der Waals surface area (Å²) in [5.74, 6) is 1.83. The molecule has 0 radical (unpaired) electrons. The molecule has 84 valence electrons. The first-order chi connectivity index (χ1) is 6.93. The van der Waals surface area contributed by atoms with E-state index in [1.165, 1.54) is 25.7 Å². The van der Waals surface area contributed by atoms with Crippen molar-refractivity contribution in [3.63, 3.8) is 0 Å². The van der Waals surface area contributed by atoms with Gasteiger partial charge in [0, 0.05) is 0 Å². The van der Waals surface area contributed by atoms with E-state index in [0.717, 1.165) is 17.9 Å². The highest BCUT2D eigenvalue weighted by atomic mass is 16.3. The fourth-order valence-corrected chi connectivity index (χ4v) is 4.75. The van der Waals surface area contributed by atoms with Crippen LogP contribution >= 0.6 is 0 Å². The first-order valence-electron chi connectivity index (χ1n) is 6.34. The molecule has 3 fully saturated rings. The summed E-state index contributed by atoms with van der Waals surface area (Å²) in [6.45, 7) is 8.82. The van der Waals surface area contributed by atoms with Crippen LogP contribution in [-0.4, -0.2) is 10.7 Å². The Morgan fingerprint density at radius 3 is 2.80 bits per heavy atom. The molecular weight excluding hydrogens is 184 g/mol. The molecule has 1 heteroatoms. The summed E-state index contributed by atoms with van der Waals surface area (Å²) in [7, 11) is 0. The molecule has 3 aliphatic carbocycles. The zero-order valence-electron chi connectivity index (χ0n) is 9.92. The minimum atomic E-state index is -0.474. The van der Waals surface area contributed by atoms with Crippen LogP contribution in [0.15, 0.2) is 12.2 Å². The van der Waals surface area contributed by atoms with E-state index in [-0.39, 0.29) is 0 Å². The third-order valence-corrected chi connectivity index (χ3v) is 5.29. The van der Waals surface area contributed by atoms with E-state index < -0.39 is 5.60 Å². The minimum Gasteiger partial charge on any atom is -0.385 e. The fraction of sp³-hybridized carbons (Fsp3) is 0.857. The van der Waals surface area contributed by atoms with Crippen LogP contribution in [0.25, 0.3) is 0 Å². The predicted octanol–water partition coefficient (Wildman–Crippen LogP) is 3.14. The summed E-state index contributed by atoms with van der Waals surface area (Å²) in [6, 6.07) is 0. The van der Waals surface area contributed by atoms with Crippen molar-refractivity contribution in [2.45, 2.75) is 51.6 Å². The highest BCUT2D eigenvalue weighted by Gasteiger charge is 2.61. The van der Waals surface area contributed by atoms with Crippen molar-refractivity contribution in [3.05, 3.63) is 12.2 Å². The molecule has 1 nitrogen and oxygen atoms in total. The molecule has 0 aliphatic heterocycles. The van der Waals surface area contributed by atoms with Crippen molar-refractivity contribution >= 4 is 0 Å². The summed E-state index contributed by atoms with van der Waals surface area (Å²) in [5, 5.41) is 10.9. The Morgan fingerprint density at radius 2 is 2.07 bits per heavy atom. The quantitative estimate of drug-likeness (QED) is 0.604. The van der Waals surface area contributed by atoms with Crippen molar-refractivity contribution in [2.75, 3.05) is 0 Å². The van der Waals surface area contributed by atoms with Gasteiger partial charge in [0.1, 0.15) is 0 Å². The third-order valence-electron chi connectivity index (χ3n) is 5.29. The largest absolute Gasteiger partial charge is 0.385 e. The Bertz CT molecular complexity index is 317. The van der Waals surface area contributed by atoms with Crippen LogP contribution in [0.4, 0.5) is 0 Å². The standard InChI is InChI=1S/C14H22O/c1-9-4-5-11-6-10-7-13(2,3)8-12(10)14(9,11)15/h10-12,15H,1,4-8H2,2-3H3/t10-,11+,12+,14-/m0/s1. The lowest BCUT2D eigenvalue weighted by Gasteiger charge is -2.32. The lowest BCUT2D eigenvalue weighted by molar-refractivity contribution is 0.00788. The second-order valence-electron chi connectivity index (χ2n) is 6.84. The molecule has 0 spiro atoms. The predicted molar refractivity (Wildman–Crippen MR) is 61.4 cm³/mol. The van der Waals surface area contributed by atoms with E-state index in [1.807, 2.05) is 0 Å². The molecule has 0 saturated heterocycles. The van der Waals surface area contributed by atoms with Gasteiger partial charge >= 0.3 is 0 Å². The maximum absolute atomic E-state index is 10.9.